The molecule has 92 valence electrons. The molecule has 1 aromatic rings. The van der Waals surface area contributed by atoms with Gasteiger partial charge in [0.2, 0.25) is 5.91 Å². The van der Waals surface area contributed by atoms with E-state index in [9.17, 15) is 4.79 Å². The molecule has 0 spiro atoms. The number of nitrogens with one attached hydrogen (secondary N) is 2. The molecule has 1 aromatic heterocycles. The molecule has 17 heavy (non-hydrogen) atoms. The highest BCUT2D eigenvalue weighted by molar-refractivity contribution is 5.80. The fourth-order valence-corrected chi connectivity index (χ4v) is 1.76. The summed E-state index contributed by atoms with van der Waals surface area (Å²) in [7, 11) is 0. The first-order chi connectivity index (χ1) is 8.36. The highest BCUT2D eigenvalue weighted by atomic mass is 16.5. The Morgan fingerprint density at radius 1 is 1.53 bits per heavy atom. The molecule has 2 rings (SSSR count). The highest BCUT2D eigenvalue weighted by Crippen LogP contribution is 2.11. The summed E-state index contributed by atoms with van der Waals surface area (Å²) in [5.74, 6) is -0.00418. The molecule has 1 atom stereocenters. The van der Waals surface area contributed by atoms with Crippen molar-refractivity contribution in [2.24, 2.45) is 0 Å². The third-order valence-electron chi connectivity index (χ3n) is 2.64. The second-order valence-corrected chi connectivity index (χ2v) is 3.96. The van der Waals surface area contributed by atoms with Crippen LogP contribution in [-0.2, 0) is 9.53 Å². The summed E-state index contributed by atoms with van der Waals surface area (Å²) < 4.78 is 5.29. The zero-order valence-electron chi connectivity index (χ0n) is 9.69. The van der Waals surface area contributed by atoms with Crippen LogP contribution in [0.3, 0.4) is 0 Å². The third kappa shape index (κ3) is 3.71. The third-order valence-corrected chi connectivity index (χ3v) is 2.64. The second kappa shape index (κ2) is 6.20. The van der Waals surface area contributed by atoms with Crippen LogP contribution in [0.5, 0.6) is 0 Å². The Balaban J connectivity index is 1.61. The second-order valence-electron chi connectivity index (χ2n) is 3.96. The van der Waals surface area contributed by atoms with Crippen LogP contribution in [0.2, 0.25) is 0 Å². The molecular weight excluding hydrogens is 218 g/mol. The van der Waals surface area contributed by atoms with Crippen molar-refractivity contribution in [1.82, 2.24) is 10.3 Å². The first-order valence-corrected chi connectivity index (χ1v) is 5.89. The first kappa shape index (κ1) is 11.9. The molecule has 1 aliphatic rings. The quantitative estimate of drug-likeness (QED) is 0.741. The van der Waals surface area contributed by atoms with Gasteiger partial charge in [-0.05, 0) is 25.0 Å². The van der Waals surface area contributed by atoms with Crippen LogP contribution in [0, 0.1) is 0 Å². The zero-order valence-corrected chi connectivity index (χ0v) is 9.69. The molecule has 0 aliphatic carbocycles. The summed E-state index contributed by atoms with van der Waals surface area (Å²) in [4.78, 5) is 15.6. The van der Waals surface area contributed by atoms with E-state index in [4.69, 9.17) is 4.74 Å². The van der Waals surface area contributed by atoms with Gasteiger partial charge in [-0.3, -0.25) is 9.78 Å². The minimum absolute atomic E-state index is 0.00418. The lowest BCUT2D eigenvalue weighted by Gasteiger charge is -2.11. The molecule has 1 fully saturated rings. The normalized spacial score (nSPS) is 18.9. The van der Waals surface area contributed by atoms with Crippen molar-refractivity contribution in [3.8, 4) is 0 Å². The van der Waals surface area contributed by atoms with E-state index in [-0.39, 0.29) is 12.0 Å². The molecule has 0 unspecified atom stereocenters. The summed E-state index contributed by atoms with van der Waals surface area (Å²) in [5, 5.41) is 6.02. The van der Waals surface area contributed by atoms with E-state index in [2.05, 4.69) is 15.6 Å². The van der Waals surface area contributed by atoms with Crippen molar-refractivity contribution >= 4 is 11.6 Å². The molecule has 1 amide bonds. The SMILES string of the molecule is O=C(NCCNc1cccnc1)[C@H]1CCCO1. The molecule has 1 aliphatic heterocycles. The van der Waals surface area contributed by atoms with Crippen LogP contribution < -0.4 is 10.6 Å². The monoisotopic (exact) mass is 235 g/mol. The molecular formula is C12H17N3O2. The van der Waals surface area contributed by atoms with E-state index >= 15 is 0 Å². The van der Waals surface area contributed by atoms with E-state index in [0.29, 0.717) is 19.7 Å². The maximum absolute atomic E-state index is 11.6. The van der Waals surface area contributed by atoms with Gasteiger partial charge in [-0.1, -0.05) is 0 Å². The van der Waals surface area contributed by atoms with Crippen molar-refractivity contribution in [3.05, 3.63) is 24.5 Å². The number of nitrogens with zero attached hydrogens (tertiary/aromatic N) is 1. The van der Waals surface area contributed by atoms with E-state index in [1.807, 2.05) is 12.1 Å². The van der Waals surface area contributed by atoms with E-state index in [1.54, 1.807) is 12.4 Å². The van der Waals surface area contributed by atoms with Crippen LogP contribution in [0.15, 0.2) is 24.5 Å². The summed E-state index contributed by atoms with van der Waals surface area (Å²) in [6, 6.07) is 3.81. The number of anilines is 1. The van der Waals surface area contributed by atoms with Crippen LogP contribution in [-0.4, -0.2) is 36.7 Å². The lowest BCUT2D eigenvalue weighted by Crippen LogP contribution is -2.36. The number of amides is 1. The molecule has 5 nitrogen and oxygen atoms in total. The molecule has 2 heterocycles. The molecule has 2 N–H and O–H groups in total. The minimum atomic E-state index is -0.242. The Bertz CT molecular complexity index is 350. The Kier molecular flexibility index (Phi) is 4.32. The van der Waals surface area contributed by atoms with Gasteiger partial charge in [0.25, 0.3) is 0 Å². The summed E-state index contributed by atoms with van der Waals surface area (Å²) in [6.45, 7) is 1.98. The van der Waals surface area contributed by atoms with Gasteiger partial charge in [0, 0.05) is 32.1 Å². The lowest BCUT2D eigenvalue weighted by atomic mass is 10.2. The van der Waals surface area contributed by atoms with Crippen LogP contribution in [0.1, 0.15) is 12.8 Å². The number of hydrogen-bond acceptors (Lipinski definition) is 4. The standard InChI is InChI=1S/C12H17N3O2/c16-12(11-4-2-8-17-11)15-7-6-14-10-3-1-5-13-9-10/h1,3,5,9,11,14H,2,4,6-8H2,(H,15,16)/t11-/m1/s1. The Morgan fingerprint density at radius 2 is 2.47 bits per heavy atom. The molecule has 0 bridgehead atoms. The topological polar surface area (TPSA) is 63.2 Å². The number of ether oxygens (including phenoxy) is 1. The Hall–Kier alpha value is -1.62. The summed E-state index contributed by atoms with van der Waals surface area (Å²) in [6.07, 6.45) is 5.05. The van der Waals surface area contributed by atoms with Gasteiger partial charge in [0.15, 0.2) is 0 Å². The van der Waals surface area contributed by atoms with E-state index in [1.165, 1.54) is 0 Å². The van der Waals surface area contributed by atoms with E-state index < -0.39 is 0 Å². The van der Waals surface area contributed by atoms with Crippen molar-refractivity contribution in [3.63, 3.8) is 0 Å². The van der Waals surface area contributed by atoms with Gasteiger partial charge >= 0.3 is 0 Å². The summed E-state index contributed by atoms with van der Waals surface area (Å²) in [5.41, 5.74) is 0.957. The maximum Gasteiger partial charge on any atom is 0.249 e. The smallest absolute Gasteiger partial charge is 0.249 e. The predicted molar refractivity (Wildman–Crippen MR) is 64.7 cm³/mol. The number of pyridine rings is 1. The maximum atomic E-state index is 11.6. The van der Waals surface area contributed by atoms with E-state index in [0.717, 1.165) is 18.5 Å². The number of aromatic nitrogens is 1. The lowest BCUT2D eigenvalue weighted by molar-refractivity contribution is -0.129. The zero-order chi connectivity index (χ0) is 11.9. The van der Waals surface area contributed by atoms with Crippen LogP contribution >= 0.6 is 0 Å². The molecule has 0 radical (unpaired) electrons. The molecule has 1 saturated heterocycles. The van der Waals surface area contributed by atoms with Crippen LogP contribution in [0.25, 0.3) is 0 Å². The van der Waals surface area contributed by atoms with Gasteiger partial charge in [0.05, 0.1) is 5.69 Å². The van der Waals surface area contributed by atoms with Crippen LogP contribution in [0.4, 0.5) is 5.69 Å². The number of rotatable bonds is 5. The molecule has 0 aromatic carbocycles. The molecule has 0 saturated carbocycles. The largest absolute Gasteiger partial charge is 0.382 e. The first-order valence-electron chi connectivity index (χ1n) is 5.89. The summed E-state index contributed by atoms with van der Waals surface area (Å²) >= 11 is 0. The van der Waals surface area contributed by atoms with Gasteiger partial charge in [-0.15, -0.1) is 0 Å². The Labute approximate surface area is 101 Å². The van der Waals surface area contributed by atoms with Gasteiger partial charge in [0.1, 0.15) is 6.10 Å². The highest BCUT2D eigenvalue weighted by Gasteiger charge is 2.22. The fourth-order valence-electron chi connectivity index (χ4n) is 1.76. The van der Waals surface area contributed by atoms with Crippen molar-refractivity contribution < 1.29 is 9.53 Å². The minimum Gasteiger partial charge on any atom is -0.382 e. The number of carbonyl (C=O) groups is 1. The van der Waals surface area contributed by atoms with Crippen molar-refractivity contribution in [2.45, 2.75) is 18.9 Å². The Morgan fingerprint density at radius 3 is 3.18 bits per heavy atom. The van der Waals surface area contributed by atoms with Crippen molar-refractivity contribution in [2.75, 3.05) is 25.0 Å². The average molecular weight is 235 g/mol. The van der Waals surface area contributed by atoms with Gasteiger partial charge in [-0.25, -0.2) is 0 Å². The fraction of sp³-hybridized carbons (Fsp3) is 0.500. The van der Waals surface area contributed by atoms with Gasteiger partial charge < -0.3 is 15.4 Å². The van der Waals surface area contributed by atoms with Crippen molar-refractivity contribution in [1.29, 1.82) is 0 Å². The number of hydrogen-bond donors (Lipinski definition) is 2. The number of carbonyl (C=O) groups excluding carboxylic acids is 1. The molecule has 5 heteroatoms. The van der Waals surface area contributed by atoms with Gasteiger partial charge in [-0.2, -0.15) is 0 Å². The predicted octanol–water partition coefficient (Wildman–Crippen LogP) is 0.789. The average Bonchev–Trinajstić information content (AvgIpc) is 2.89.